The van der Waals surface area contributed by atoms with Crippen molar-refractivity contribution in [1.82, 2.24) is 0 Å². The molecule has 0 aliphatic carbocycles. The molecule has 0 aromatic heterocycles. The van der Waals surface area contributed by atoms with Crippen LogP contribution in [0, 0.1) is 18.3 Å². The van der Waals surface area contributed by atoms with Gasteiger partial charge in [-0.3, -0.25) is 0 Å². The van der Waals surface area contributed by atoms with Crippen LogP contribution in [-0.2, 0) is 6.42 Å². The van der Waals surface area contributed by atoms with Crippen LogP contribution in [0.2, 0.25) is 0 Å². The van der Waals surface area contributed by atoms with Gasteiger partial charge in [-0.05, 0) is 30.2 Å². The van der Waals surface area contributed by atoms with E-state index in [1.54, 1.807) is 18.2 Å². The molecule has 0 unspecified atom stereocenters. The molecule has 0 amide bonds. The lowest BCUT2D eigenvalue weighted by molar-refractivity contribution is 0.474. The van der Waals surface area contributed by atoms with Gasteiger partial charge in [0.25, 0.3) is 0 Å². The lowest BCUT2D eigenvalue weighted by Crippen LogP contribution is -1.85. The summed E-state index contributed by atoms with van der Waals surface area (Å²) in [7, 11) is 0. The van der Waals surface area contributed by atoms with E-state index in [0.29, 0.717) is 6.42 Å². The molecule has 56 valence electrons. The lowest BCUT2D eigenvalue weighted by atomic mass is 10.1. The zero-order valence-corrected chi connectivity index (χ0v) is 6.33. The Bertz CT molecular complexity index is 299. The molecule has 0 saturated heterocycles. The molecule has 1 aromatic carbocycles. The number of benzene rings is 1. The summed E-state index contributed by atoms with van der Waals surface area (Å²) >= 11 is 0. The minimum Gasteiger partial charge on any atom is -0.508 e. The first-order chi connectivity index (χ1) is 5.24. The summed E-state index contributed by atoms with van der Waals surface area (Å²) in [5, 5.41) is 17.4. The fourth-order valence-electron chi connectivity index (χ4n) is 0.964. The Kier molecular flexibility index (Phi) is 2.12. The molecule has 1 aromatic rings. The van der Waals surface area contributed by atoms with Gasteiger partial charge in [0, 0.05) is 0 Å². The number of aryl methyl sites for hydroxylation is 1. The molecule has 0 spiro atoms. The van der Waals surface area contributed by atoms with Gasteiger partial charge < -0.3 is 5.11 Å². The zero-order chi connectivity index (χ0) is 8.27. The maximum absolute atomic E-state index is 9.02. The maximum Gasteiger partial charge on any atom is 0.115 e. The Morgan fingerprint density at radius 2 is 2.27 bits per heavy atom. The summed E-state index contributed by atoms with van der Waals surface area (Å²) in [5.41, 5.74) is 1.94. The van der Waals surface area contributed by atoms with Crippen LogP contribution >= 0.6 is 0 Å². The van der Waals surface area contributed by atoms with E-state index < -0.39 is 0 Å². The van der Waals surface area contributed by atoms with Crippen molar-refractivity contribution in [2.24, 2.45) is 0 Å². The quantitative estimate of drug-likeness (QED) is 0.657. The lowest BCUT2D eigenvalue weighted by Gasteiger charge is -2.00. The standard InChI is InChI=1S/C9H9NO/c1-7-6-9(11)3-2-8(7)4-5-10/h2-3,6,11H,4H2,1H3. The monoisotopic (exact) mass is 147 g/mol. The Hall–Kier alpha value is -1.49. The van der Waals surface area contributed by atoms with Gasteiger partial charge in [0.1, 0.15) is 5.75 Å². The average molecular weight is 147 g/mol. The Labute approximate surface area is 65.7 Å². The third-order valence-corrected chi connectivity index (χ3v) is 1.60. The minimum atomic E-state index is 0.254. The molecule has 0 aliphatic heterocycles. The summed E-state index contributed by atoms with van der Waals surface area (Å²) in [6.07, 6.45) is 0.409. The maximum atomic E-state index is 9.02. The van der Waals surface area contributed by atoms with Crippen LogP contribution in [0.3, 0.4) is 0 Å². The fraction of sp³-hybridized carbons (Fsp3) is 0.222. The summed E-state index contributed by atoms with van der Waals surface area (Å²) in [5.74, 6) is 0.254. The molecule has 0 heterocycles. The molecule has 0 atom stereocenters. The van der Waals surface area contributed by atoms with Gasteiger partial charge in [0.15, 0.2) is 0 Å². The van der Waals surface area contributed by atoms with Gasteiger partial charge in [-0.1, -0.05) is 6.07 Å². The second-order valence-corrected chi connectivity index (χ2v) is 2.45. The molecule has 11 heavy (non-hydrogen) atoms. The zero-order valence-electron chi connectivity index (χ0n) is 6.33. The topological polar surface area (TPSA) is 44.0 Å². The van der Waals surface area contributed by atoms with Gasteiger partial charge in [0.2, 0.25) is 0 Å². The molecule has 1 rings (SSSR count). The number of nitrogens with zero attached hydrogens (tertiary/aromatic N) is 1. The van der Waals surface area contributed by atoms with Gasteiger partial charge in [-0.25, -0.2) is 0 Å². The number of phenolic OH excluding ortho intramolecular Hbond substituents is 1. The van der Waals surface area contributed by atoms with E-state index in [-0.39, 0.29) is 5.75 Å². The van der Waals surface area contributed by atoms with E-state index in [1.807, 2.05) is 6.92 Å². The van der Waals surface area contributed by atoms with E-state index in [2.05, 4.69) is 6.07 Å². The third kappa shape index (κ3) is 1.71. The average Bonchev–Trinajstić information content (AvgIpc) is 1.95. The van der Waals surface area contributed by atoms with Gasteiger partial charge in [0.05, 0.1) is 12.5 Å². The van der Waals surface area contributed by atoms with Gasteiger partial charge >= 0.3 is 0 Å². The summed E-state index contributed by atoms with van der Waals surface area (Å²) < 4.78 is 0. The molecule has 1 N–H and O–H groups in total. The molecule has 0 bridgehead atoms. The van der Waals surface area contributed by atoms with Crippen molar-refractivity contribution in [3.63, 3.8) is 0 Å². The Morgan fingerprint density at radius 3 is 2.82 bits per heavy atom. The highest BCUT2D eigenvalue weighted by atomic mass is 16.3. The van der Waals surface area contributed by atoms with E-state index in [4.69, 9.17) is 10.4 Å². The second-order valence-electron chi connectivity index (χ2n) is 2.45. The molecule has 2 heteroatoms. The third-order valence-electron chi connectivity index (χ3n) is 1.60. The van der Waals surface area contributed by atoms with Crippen molar-refractivity contribution < 1.29 is 5.11 Å². The van der Waals surface area contributed by atoms with Crippen molar-refractivity contribution in [1.29, 1.82) is 5.26 Å². The van der Waals surface area contributed by atoms with E-state index >= 15 is 0 Å². The highest BCUT2D eigenvalue weighted by Gasteiger charge is 1.97. The van der Waals surface area contributed by atoms with Crippen LogP contribution in [0.4, 0.5) is 0 Å². The van der Waals surface area contributed by atoms with Crippen molar-refractivity contribution in [3.8, 4) is 11.8 Å². The normalized spacial score (nSPS) is 9.09. The van der Waals surface area contributed by atoms with E-state index in [1.165, 1.54) is 0 Å². The molecular formula is C9H9NO. The predicted octanol–water partition coefficient (Wildman–Crippen LogP) is 1.77. The van der Waals surface area contributed by atoms with Crippen LogP contribution in [-0.4, -0.2) is 5.11 Å². The number of rotatable bonds is 1. The molecule has 0 aliphatic rings. The number of nitriles is 1. The second kappa shape index (κ2) is 3.07. The van der Waals surface area contributed by atoms with Gasteiger partial charge in [-0.2, -0.15) is 5.26 Å². The van der Waals surface area contributed by atoms with Crippen LogP contribution in [0.1, 0.15) is 11.1 Å². The van der Waals surface area contributed by atoms with Crippen molar-refractivity contribution in [2.45, 2.75) is 13.3 Å². The van der Waals surface area contributed by atoms with Crippen molar-refractivity contribution in [2.75, 3.05) is 0 Å². The van der Waals surface area contributed by atoms with Crippen LogP contribution in [0.15, 0.2) is 18.2 Å². The number of aromatic hydroxyl groups is 1. The first-order valence-corrected chi connectivity index (χ1v) is 3.39. The van der Waals surface area contributed by atoms with Crippen LogP contribution in [0.25, 0.3) is 0 Å². The fourth-order valence-corrected chi connectivity index (χ4v) is 0.964. The molecule has 0 saturated carbocycles. The largest absolute Gasteiger partial charge is 0.508 e. The molecular weight excluding hydrogens is 138 g/mol. The molecule has 0 radical (unpaired) electrons. The summed E-state index contributed by atoms with van der Waals surface area (Å²) in [4.78, 5) is 0. The SMILES string of the molecule is Cc1cc(O)ccc1CC#N. The first-order valence-electron chi connectivity index (χ1n) is 3.39. The number of phenols is 1. The number of hydrogen-bond donors (Lipinski definition) is 1. The van der Waals surface area contributed by atoms with Crippen LogP contribution < -0.4 is 0 Å². The smallest absolute Gasteiger partial charge is 0.115 e. The Morgan fingerprint density at radius 1 is 1.55 bits per heavy atom. The molecule has 0 fully saturated rings. The first kappa shape index (κ1) is 7.62. The number of hydrogen-bond acceptors (Lipinski definition) is 2. The highest BCUT2D eigenvalue weighted by Crippen LogP contribution is 2.15. The molecule has 2 nitrogen and oxygen atoms in total. The van der Waals surface area contributed by atoms with Crippen molar-refractivity contribution in [3.05, 3.63) is 29.3 Å². The highest BCUT2D eigenvalue weighted by molar-refractivity contribution is 5.35. The van der Waals surface area contributed by atoms with E-state index in [9.17, 15) is 0 Å². The van der Waals surface area contributed by atoms with Crippen LogP contribution in [0.5, 0.6) is 5.75 Å². The Balaban J connectivity index is 3.01. The van der Waals surface area contributed by atoms with E-state index in [0.717, 1.165) is 11.1 Å². The summed E-state index contributed by atoms with van der Waals surface area (Å²) in [6, 6.07) is 7.09. The van der Waals surface area contributed by atoms with Gasteiger partial charge in [-0.15, -0.1) is 0 Å². The minimum absolute atomic E-state index is 0.254. The van der Waals surface area contributed by atoms with Crippen molar-refractivity contribution >= 4 is 0 Å². The summed E-state index contributed by atoms with van der Waals surface area (Å²) in [6.45, 7) is 1.88. The predicted molar refractivity (Wildman–Crippen MR) is 42.2 cm³/mol.